The van der Waals surface area contributed by atoms with Crippen LogP contribution in [-0.4, -0.2) is 12.7 Å². The van der Waals surface area contributed by atoms with Crippen LogP contribution >= 0.6 is 0 Å². The molecule has 2 N–H and O–H groups in total. The van der Waals surface area contributed by atoms with Gasteiger partial charge >= 0.3 is 0 Å². The molecule has 0 saturated heterocycles. The highest BCUT2D eigenvalue weighted by atomic mass is 19.1. The average molecular weight is 145 g/mol. The average Bonchev–Trinajstić information content (AvgIpc) is 1.95. The van der Waals surface area contributed by atoms with Crippen LogP contribution in [-0.2, 0) is 0 Å². The molecular formula is C8H16FN. The summed E-state index contributed by atoms with van der Waals surface area (Å²) in [4.78, 5) is 0. The zero-order valence-electron chi connectivity index (χ0n) is 6.35. The predicted molar refractivity (Wildman–Crippen MR) is 40.5 cm³/mol. The van der Waals surface area contributed by atoms with Crippen molar-refractivity contribution in [1.82, 2.24) is 0 Å². The number of hydrogen-bond acceptors (Lipinski definition) is 1. The molecule has 1 nitrogen and oxygen atoms in total. The first-order chi connectivity index (χ1) is 4.83. The van der Waals surface area contributed by atoms with E-state index < -0.39 is 6.17 Å². The zero-order chi connectivity index (χ0) is 7.40. The summed E-state index contributed by atoms with van der Waals surface area (Å²) in [5.41, 5.74) is 5.40. The van der Waals surface area contributed by atoms with Gasteiger partial charge in [0, 0.05) is 0 Å². The van der Waals surface area contributed by atoms with Gasteiger partial charge in [-0.2, -0.15) is 0 Å². The molecule has 0 unspecified atom stereocenters. The molecule has 1 saturated carbocycles. The lowest BCUT2D eigenvalue weighted by molar-refractivity contribution is 0.203. The highest BCUT2D eigenvalue weighted by molar-refractivity contribution is 4.71. The Morgan fingerprint density at radius 3 is 2.30 bits per heavy atom. The van der Waals surface area contributed by atoms with E-state index in [-0.39, 0.29) is 0 Å². The second kappa shape index (κ2) is 3.91. The van der Waals surface area contributed by atoms with E-state index in [2.05, 4.69) is 0 Å². The van der Waals surface area contributed by atoms with Crippen molar-refractivity contribution in [2.24, 2.45) is 11.7 Å². The summed E-state index contributed by atoms with van der Waals surface area (Å²) in [5, 5.41) is 0. The molecule has 1 fully saturated rings. The molecule has 1 aliphatic carbocycles. The monoisotopic (exact) mass is 145 g/mol. The first kappa shape index (κ1) is 7.99. The summed E-state index contributed by atoms with van der Waals surface area (Å²) in [7, 11) is 0. The van der Waals surface area contributed by atoms with Gasteiger partial charge in [0.15, 0.2) is 0 Å². The normalized spacial score (nSPS) is 34.2. The number of hydrogen-bond donors (Lipinski definition) is 1. The van der Waals surface area contributed by atoms with E-state index >= 15 is 0 Å². The first-order valence-electron chi connectivity index (χ1n) is 4.17. The summed E-state index contributed by atoms with van der Waals surface area (Å²) < 4.78 is 12.6. The van der Waals surface area contributed by atoms with Gasteiger partial charge in [-0.25, -0.2) is 4.39 Å². The van der Waals surface area contributed by atoms with Crippen LogP contribution in [0.25, 0.3) is 0 Å². The van der Waals surface area contributed by atoms with Gasteiger partial charge in [0.2, 0.25) is 0 Å². The molecule has 0 radical (unpaired) electrons. The lowest BCUT2D eigenvalue weighted by Gasteiger charge is -2.23. The molecule has 1 aliphatic rings. The molecule has 0 spiro atoms. The Bertz CT molecular complexity index is 87.3. The fourth-order valence-corrected chi connectivity index (χ4v) is 1.65. The molecule has 0 aromatic carbocycles. The maximum Gasteiger partial charge on any atom is 0.100 e. The molecule has 2 heteroatoms. The van der Waals surface area contributed by atoms with Crippen LogP contribution in [0.3, 0.4) is 0 Å². The van der Waals surface area contributed by atoms with E-state index in [4.69, 9.17) is 5.73 Å². The van der Waals surface area contributed by atoms with Gasteiger partial charge in [0.25, 0.3) is 0 Å². The van der Waals surface area contributed by atoms with Crippen molar-refractivity contribution >= 4 is 0 Å². The number of halogens is 1. The minimum Gasteiger partial charge on any atom is -0.330 e. The Morgan fingerprint density at radius 2 is 1.80 bits per heavy atom. The van der Waals surface area contributed by atoms with Gasteiger partial charge in [-0.1, -0.05) is 0 Å². The van der Waals surface area contributed by atoms with Crippen LogP contribution in [0.4, 0.5) is 4.39 Å². The molecule has 0 atom stereocenters. The molecule has 10 heavy (non-hydrogen) atoms. The van der Waals surface area contributed by atoms with Crippen molar-refractivity contribution in [3.63, 3.8) is 0 Å². The molecule has 0 aliphatic heterocycles. The van der Waals surface area contributed by atoms with Crippen LogP contribution in [0.2, 0.25) is 0 Å². The molecule has 0 amide bonds. The van der Waals surface area contributed by atoms with E-state index in [1.807, 2.05) is 0 Å². The highest BCUT2D eigenvalue weighted by Crippen LogP contribution is 2.27. The number of nitrogens with two attached hydrogens (primary N) is 1. The Hall–Kier alpha value is -0.110. The highest BCUT2D eigenvalue weighted by Gasteiger charge is 2.19. The van der Waals surface area contributed by atoms with Crippen molar-refractivity contribution in [2.75, 3.05) is 6.54 Å². The lowest BCUT2D eigenvalue weighted by atomic mass is 9.86. The topological polar surface area (TPSA) is 26.0 Å². The van der Waals surface area contributed by atoms with Crippen LogP contribution in [0, 0.1) is 5.92 Å². The van der Waals surface area contributed by atoms with Crippen molar-refractivity contribution < 1.29 is 4.39 Å². The largest absolute Gasteiger partial charge is 0.330 e. The second-order valence-electron chi connectivity index (χ2n) is 3.20. The van der Waals surface area contributed by atoms with Gasteiger partial charge < -0.3 is 5.73 Å². The van der Waals surface area contributed by atoms with E-state index in [1.165, 1.54) is 0 Å². The fraction of sp³-hybridized carbons (Fsp3) is 1.00. The summed E-state index contributed by atoms with van der Waals surface area (Å²) in [6, 6.07) is 0. The third kappa shape index (κ3) is 2.25. The molecule has 0 heterocycles. The third-order valence-electron chi connectivity index (χ3n) is 2.35. The Morgan fingerprint density at radius 1 is 1.20 bits per heavy atom. The van der Waals surface area contributed by atoms with Gasteiger partial charge in [-0.05, 0) is 44.6 Å². The van der Waals surface area contributed by atoms with E-state index in [0.29, 0.717) is 0 Å². The van der Waals surface area contributed by atoms with E-state index in [1.54, 1.807) is 0 Å². The molecule has 0 aromatic heterocycles. The zero-order valence-corrected chi connectivity index (χ0v) is 6.35. The number of rotatable bonds is 2. The number of alkyl halides is 1. The molecule has 0 aromatic rings. The molecular weight excluding hydrogens is 129 g/mol. The maximum atomic E-state index is 12.6. The minimum atomic E-state index is -0.519. The summed E-state index contributed by atoms with van der Waals surface area (Å²) >= 11 is 0. The molecule has 60 valence electrons. The Labute approximate surface area is 61.8 Å². The van der Waals surface area contributed by atoms with E-state index in [0.717, 1.165) is 44.6 Å². The summed E-state index contributed by atoms with van der Waals surface area (Å²) in [6.07, 6.45) is 4.22. The Kier molecular flexibility index (Phi) is 3.13. The summed E-state index contributed by atoms with van der Waals surface area (Å²) in [5.74, 6) is 0.719. The van der Waals surface area contributed by atoms with Gasteiger partial charge in [-0.15, -0.1) is 0 Å². The van der Waals surface area contributed by atoms with Crippen LogP contribution < -0.4 is 5.73 Å². The van der Waals surface area contributed by atoms with Crippen molar-refractivity contribution in [1.29, 1.82) is 0 Å². The minimum absolute atomic E-state index is 0.519. The van der Waals surface area contributed by atoms with Crippen molar-refractivity contribution in [2.45, 2.75) is 38.3 Å². The van der Waals surface area contributed by atoms with Crippen LogP contribution in [0.15, 0.2) is 0 Å². The smallest absolute Gasteiger partial charge is 0.100 e. The van der Waals surface area contributed by atoms with Crippen molar-refractivity contribution in [3.8, 4) is 0 Å². The lowest BCUT2D eigenvalue weighted by Crippen LogP contribution is -2.17. The predicted octanol–water partition coefficient (Wildman–Crippen LogP) is 1.86. The SMILES string of the molecule is NCCC1CCC(F)CC1. The molecule has 1 rings (SSSR count). The standard InChI is InChI=1S/C8H16FN/c9-8-3-1-7(2-4-8)5-6-10/h7-8H,1-6,10H2. The molecule has 0 bridgehead atoms. The van der Waals surface area contributed by atoms with Gasteiger partial charge in [0.1, 0.15) is 6.17 Å². The van der Waals surface area contributed by atoms with Crippen molar-refractivity contribution in [3.05, 3.63) is 0 Å². The Balaban J connectivity index is 2.13. The fourth-order valence-electron chi connectivity index (χ4n) is 1.65. The summed E-state index contributed by atoms with van der Waals surface area (Å²) in [6.45, 7) is 0.765. The quantitative estimate of drug-likeness (QED) is 0.630. The van der Waals surface area contributed by atoms with Gasteiger partial charge in [-0.3, -0.25) is 0 Å². The van der Waals surface area contributed by atoms with Gasteiger partial charge in [0.05, 0.1) is 0 Å². The first-order valence-corrected chi connectivity index (χ1v) is 4.17. The van der Waals surface area contributed by atoms with Crippen LogP contribution in [0.5, 0.6) is 0 Å². The second-order valence-corrected chi connectivity index (χ2v) is 3.20. The van der Waals surface area contributed by atoms with E-state index in [9.17, 15) is 4.39 Å². The maximum absolute atomic E-state index is 12.6. The third-order valence-corrected chi connectivity index (χ3v) is 2.35. The van der Waals surface area contributed by atoms with Crippen LogP contribution in [0.1, 0.15) is 32.1 Å².